The number of rotatable bonds is 7. The van der Waals surface area contributed by atoms with Gasteiger partial charge in [-0.15, -0.1) is 0 Å². The largest absolute Gasteiger partial charge is 0.493 e. The first-order valence-electron chi connectivity index (χ1n) is 12.8. The third-order valence-corrected chi connectivity index (χ3v) is 7.89. The Bertz CT molecular complexity index is 1370. The Labute approximate surface area is 232 Å². The number of aromatic nitrogens is 1. The third-order valence-electron chi connectivity index (χ3n) is 6.65. The van der Waals surface area contributed by atoms with Crippen LogP contribution in [0.25, 0.3) is 6.08 Å². The van der Waals surface area contributed by atoms with E-state index in [1.54, 1.807) is 7.11 Å². The van der Waals surface area contributed by atoms with Crippen LogP contribution >= 0.6 is 23.4 Å². The lowest BCUT2D eigenvalue weighted by Gasteiger charge is -2.30. The molecular formula is C30H30ClN3O3S. The molecule has 38 heavy (non-hydrogen) atoms. The first-order chi connectivity index (χ1) is 18.5. The molecule has 1 aliphatic carbocycles. The molecule has 0 spiro atoms. The number of carbonyl (C=O) groups is 1. The highest BCUT2D eigenvalue weighted by Gasteiger charge is 2.38. The van der Waals surface area contributed by atoms with Crippen molar-refractivity contribution in [2.75, 3.05) is 7.11 Å². The van der Waals surface area contributed by atoms with Gasteiger partial charge in [0, 0.05) is 16.8 Å². The highest BCUT2D eigenvalue weighted by Crippen LogP contribution is 2.39. The van der Waals surface area contributed by atoms with Gasteiger partial charge in [0.05, 0.1) is 12.0 Å². The SMILES string of the molecule is COc1cc(/C=C2\S/C(=N/c3cccc(C)n3)N(C3CCCCC3)C2=O)ccc1OCc1ccc(Cl)cc1. The number of halogens is 1. The maximum Gasteiger partial charge on any atom is 0.267 e. The van der Waals surface area contributed by atoms with Gasteiger partial charge in [-0.05, 0) is 85.1 Å². The first kappa shape index (κ1) is 26.3. The second kappa shape index (κ2) is 12.0. The molecule has 2 aliphatic rings. The average molecular weight is 548 g/mol. The molecule has 1 aromatic heterocycles. The maximum atomic E-state index is 13.7. The van der Waals surface area contributed by atoms with Crippen LogP contribution in [0, 0.1) is 6.92 Å². The van der Waals surface area contributed by atoms with Gasteiger partial charge in [0.25, 0.3) is 5.91 Å². The first-order valence-corrected chi connectivity index (χ1v) is 14.0. The summed E-state index contributed by atoms with van der Waals surface area (Å²) >= 11 is 7.38. The number of hydrogen-bond acceptors (Lipinski definition) is 6. The fraction of sp³-hybridized carbons (Fsp3) is 0.300. The van der Waals surface area contributed by atoms with Crippen molar-refractivity contribution in [2.45, 2.75) is 51.7 Å². The van der Waals surface area contributed by atoms with Crippen LogP contribution in [-0.4, -0.2) is 34.1 Å². The van der Waals surface area contributed by atoms with Gasteiger partial charge < -0.3 is 9.47 Å². The average Bonchev–Trinajstić information content (AvgIpc) is 3.23. The number of thioether (sulfide) groups is 1. The fourth-order valence-electron chi connectivity index (χ4n) is 4.70. The van der Waals surface area contributed by atoms with Gasteiger partial charge in [0.15, 0.2) is 22.5 Å². The molecule has 0 unspecified atom stereocenters. The van der Waals surface area contributed by atoms with Crippen LogP contribution in [0.4, 0.5) is 5.82 Å². The summed E-state index contributed by atoms with van der Waals surface area (Å²) in [6.07, 6.45) is 7.36. The number of aliphatic imine (C=N–C) groups is 1. The molecule has 8 heteroatoms. The molecule has 0 N–H and O–H groups in total. The summed E-state index contributed by atoms with van der Waals surface area (Å²) in [6, 6.07) is 19.2. The van der Waals surface area contributed by atoms with Gasteiger partial charge in [0.2, 0.25) is 0 Å². The van der Waals surface area contributed by atoms with Crippen molar-refractivity contribution in [3.63, 3.8) is 0 Å². The van der Waals surface area contributed by atoms with E-state index in [0.29, 0.717) is 39.0 Å². The number of ether oxygens (including phenoxy) is 2. The van der Waals surface area contributed by atoms with Gasteiger partial charge in [-0.1, -0.05) is 55.1 Å². The highest BCUT2D eigenvalue weighted by atomic mass is 35.5. The number of amides is 1. The monoisotopic (exact) mass is 547 g/mol. The van der Waals surface area contributed by atoms with Crippen LogP contribution < -0.4 is 9.47 Å². The molecule has 2 heterocycles. The highest BCUT2D eigenvalue weighted by molar-refractivity contribution is 8.18. The summed E-state index contributed by atoms with van der Waals surface area (Å²) in [5.41, 5.74) is 2.76. The topological polar surface area (TPSA) is 64.0 Å². The molecule has 3 aromatic rings. The maximum absolute atomic E-state index is 13.7. The number of amidine groups is 1. The summed E-state index contributed by atoms with van der Waals surface area (Å²) in [4.78, 5) is 25.5. The van der Waals surface area contributed by atoms with Crippen LogP contribution in [0.5, 0.6) is 11.5 Å². The summed E-state index contributed by atoms with van der Waals surface area (Å²) in [7, 11) is 1.61. The van der Waals surface area contributed by atoms with Crippen LogP contribution in [0.3, 0.4) is 0 Å². The Morgan fingerprint density at radius 1 is 1.08 bits per heavy atom. The predicted molar refractivity (Wildman–Crippen MR) is 154 cm³/mol. The minimum absolute atomic E-state index is 0.00432. The van der Waals surface area contributed by atoms with E-state index in [2.05, 4.69) is 4.98 Å². The van der Waals surface area contributed by atoms with Crippen molar-refractivity contribution >= 4 is 46.3 Å². The molecule has 0 bridgehead atoms. The molecule has 1 saturated heterocycles. The standard InChI is InChI=1S/C30H30ClN3O3S/c1-20-7-6-10-28(32-20)33-30-34(24-8-4-3-5-9-24)29(35)27(38-30)18-22-13-16-25(26(17-22)36-2)37-19-21-11-14-23(31)15-12-21/h6-7,10-18,24H,3-5,8-9,19H2,1-2H3/b27-18-,33-30+. The van der Waals surface area contributed by atoms with E-state index in [-0.39, 0.29) is 11.9 Å². The van der Waals surface area contributed by atoms with Crippen molar-refractivity contribution in [2.24, 2.45) is 4.99 Å². The van der Waals surface area contributed by atoms with Crippen LogP contribution in [-0.2, 0) is 11.4 Å². The van der Waals surface area contributed by atoms with E-state index in [4.69, 9.17) is 26.1 Å². The molecule has 5 rings (SSSR count). The number of nitrogens with zero attached hydrogens (tertiary/aromatic N) is 3. The number of aryl methyl sites for hydroxylation is 1. The van der Waals surface area contributed by atoms with Gasteiger partial charge in [-0.2, -0.15) is 0 Å². The van der Waals surface area contributed by atoms with E-state index in [1.807, 2.05) is 78.6 Å². The van der Waals surface area contributed by atoms with E-state index in [9.17, 15) is 4.79 Å². The van der Waals surface area contributed by atoms with Crippen LogP contribution in [0.15, 0.2) is 70.6 Å². The normalized spacial score (nSPS) is 18.4. The quantitative estimate of drug-likeness (QED) is 0.285. The predicted octanol–water partition coefficient (Wildman–Crippen LogP) is 7.57. The molecule has 2 fully saturated rings. The molecule has 196 valence electrons. The lowest BCUT2D eigenvalue weighted by Crippen LogP contribution is -2.40. The summed E-state index contributed by atoms with van der Waals surface area (Å²) in [5.74, 6) is 1.85. The Hall–Kier alpha value is -3.29. The lowest BCUT2D eigenvalue weighted by atomic mass is 9.94. The minimum atomic E-state index is -0.00432. The molecule has 1 saturated carbocycles. The van der Waals surface area contributed by atoms with Gasteiger partial charge >= 0.3 is 0 Å². The smallest absolute Gasteiger partial charge is 0.267 e. The molecule has 2 aromatic carbocycles. The van der Waals surface area contributed by atoms with Crippen molar-refractivity contribution in [1.82, 2.24) is 9.88 Å². The van der Waals surface area contributed by atoms with Gasteiger partial charge in [-0.3, -0.25) is 9.69 Å². The van der Waals surface area contributed by atoms with Gasteiger partial charge in [-0.25, -0.2) is 9.98 Å². The van der Waals surface area contributed by atoms with Crippen LogP contribution in [0.2, 0.25) is 5.02 Å². The molecule has 1 amide bonds. The Balaban J connectivity index is 1.40. The summed E-state index contributed by atoms with van der Waals surface area (Å²) in [5, 5.41) is 1.38. The molecule has 0 atom stereocenters. The third kappa shape index (κ3) is 6.22. The van der Waals surface area contributed by atoms with E-state index >= 15 is 0 Å². The number of carbonyl (C=O) groups excluding carboxylic acids is 1. The number of hydrogen-bond donors (Lipinski definition) is 0. The number of benzene rings is 2. The fourth-order valence-corrected chi connectivity index (χ4v) is 5.87. The number of methoxy groups -OCH3 is 1. The van der Waals surface area contributed by atoms with Gasteiger partial charge in [0.1, 0.15) is 6.61 Å². The van der Waals surface area contributed by atoms with Crippen LogP contribution in [0.1, 0.15) is 48.9 Å². The second-order valence-corrected chi connectivity index (χ2v) is 10.9. The number of pyridine rings is 1. The summed E-state index contributed by atoms with van der Waals surface area (Å²) < 4.78 is 11.6. The van der Waals surface area contributed by atoms with E-state index in [1.165, 1.54) is 18.2 Å². The molecule has 1 aliphatic heterocycles. The minimum Gasteiger partial charge on any atom is -0.493 e. The zero-order chi connectivity index (χ0) is 26.5. The molecular weight excluding hydrogens is 518 g/mol. The molecule has 6 nitrogen and oxygen atoms in total. The Morgan fingerprint density at radius 3 is 2.61 bits per heavy atom. The van der Waals surface area contributed by atoms with Crippen molar-refractivity contribution in [3.8, 4) is 11.5 Å². The lowest BCUT2D eigenvalue weighted by molar-refractivity contribution is -0.124. The Kier molecular flexibility index (Phi) is 8.35. The van der Waals surface area contributed by atoms with E-state index in [0.717, 1.165) is 42.5 Å². The summed E-state index contributed by atoms with van der Waals surface area (Å²) in [6.45, 7) is 2.34. The van der Waals surface area contributed by atoms with E-state index < -0.39 is 0 Å². The van der Waals surface area contributed by atoms with Crippen molar-refractivity contribution < 1.29 is 14.3 Å². The second-order valence-electron chi connectivity index (χ2n) is 9.43. The molecule has 0 radical (unpaired) electrons. The van der Waals surface area contributed by atoms with Crippen molar-refractivity contribution in [3.05, 3.63) is 87.4 Å². The Morgan fingerprint density at radius 2 is 1.87 bits per heavy atom. The zero-order valence-corrected chi connectivity index (χ0v) is 23.1. The van der Waals surface area contributed by atoms with Crippen molar-refractivity contribution in [1.29, 1.82) is 0 Å². The zero-order valence-electron chi connectivity index (χ0n) is 21.5.